The van der Waals surface area contributed by atoms with Crippen molar-refractivity contribution in [2.45, 2.75) is 67.0 Å². The quantitative estimate of drug-likeness (QED) is 0.100. The first-order valence-electron chi connectivity index (χ1n) is 19.6. The maximum Gasteiger partial charge on any atom is 0.354 e. The average molecular weight is 897 g/mol. The molecule has 59 heavy (non-hydrogen) atoms. The number of carbonyl (C=O) groups excluding carboxylic acids is 2. The summed E-state index contributed by atoms with van der Waals surface area (Å²) >= 11 is 17.2. The van der Waals surface area contributed by atoms with Gasteiger partial charge in [0.15, 0.2) is 0 Å². The van der Waals surface area contributed by atoms with Crippen LogP contribution in [0.25, 0.3) is 32.9 Å². The molecule has 0 fully saturated rings. The number of pyridine rings is 1. The average Bonchev–Trinajstić information content (AvgIpc) is 3.81. The van der Waals surface area contributed by atoms with E-state index in [2.05, 4.69) is 32.4 Å². The van der Waals surface area contributed by atoms with Gasteiger partial charge in [0, 0.05) is 62.9 Å². The Balaban J connectivity index is 1.30. The molecule has 7 aromatic rings. The number of methoxy groups -OCH3 is 1. The number of rotatable bonds is 10. The molecule has 1 atom stereocenters. The molecule has 1 amide bonds. The number of amides is 1. The van der Waals surface area contributed by atoms with E-state index in [1.54, 1.807) is 6.20 Å². The molecule has 13 heteroatoms. The fourth-order valence-electron chi connectivity index (χ4n) is 8.81. The van der Waals surface area contributed by atoms with Crippen molar-refractivity contribution in [3.8, 4) is 16.9 Å². The van der Waals surface area contributed by atoms with Crippen LogP contribution in [0.2, 0.25) is 10.0 Å². The van der Waals surface area contributed by atoms with Crippen molar-refractivity contribution >= 4 is 78.5 Å². The Hall–Kier alpha value is -5.10. The number of hydrogen-bond donors (Lipinski definition) is 0. The van der Waals surface area contributed by atoms with Crippen LogP contribution in [0.1, 0.15) is 79.7 Å². The van der Waals surface area contributed by atoms with E-state index in [0.29, 0.717) is 48.1 Å². The standard InChI is InChI=1S/C46H45BrCl2N6O4/c1-24-16-30-20-38(46(57)58-8)53(23-32-21-31(47)13-14-50-32)42(30)37(17-24)54-22-27(4)55-43-35(11-12-36(48)40(43)39-28(5)51-52(7)29(39)6)34(44(55)45(54)56)10-9-15-59-33-18-25(2)41(49)26(3)19-33/h11-14,16-21,27H,9-10,15,22-23H2,1-8H3/t27-/m1/s1. The number of esters is 1. The number of carbonyl (C=O) groups is 2. The molecule has 0 saturated carbocycles. The maximum atomic E-state index is 15.5. The smallest absolute Gasteiger partial charge is 0.354 e. The third-order valence-corrected chi connectivity index (χ3v) is 12.9. The lowest BCUT2D eigenvalue weighted by atomic mass is 9.98. The van der Waals surface area contributed by atoms with Crippen LogP contribution in [0.15, 0.2) is 65.3 Å². The number of halogens is 3. The van der Waals surface area contributed by atoms with E-state index in [1.807, 2.05) is 110 Å². The number of ether oxygens (including phenoxy) is 2. The third-order valence-electron chi connectivity index (χ3n) is 11.5. The van der Waals surface area contributed by atoms with Crippen molar-refractivity contribution < 1.29 is 19.1 Å². The van der Waals surface area contributed by atoms with E-state index < -0.39 is 5.97 Å². The molecule has 304 valence electrons. The van der Waals surface area contributed by atoms with Crippen LogP contribution in [0.4, 0.5) is 5.69 Å². The lowest BCUT2D eigenvalue weighted by Crippen LogP contribution is -2.43. The normalized spacial score (nSPS) is 14.1. The van der Waals surface area contributed by atoms with Gasteiger partial charge in [0.2, 0.25) is 0 Å². The summed E-state index contributed by atoms with van der Waals surface area (Å²) in [5.74, 6) is 0.147. The number of benzene rings is 3. The van der Waals surface area contributed by atoms with Gasteiger partial charge in [-0.25, -0.2) is 4.79 Å². The van der Waals surface area contributed by atoms with Crippen LogP contribution in [-0.4, -0.2) is 56.0 Å². The second kappa shape index (κ2) is 15.8. The first-order chi connectivity index (χ1) is 28.2. The van der Waals surface area contributed by atoms with Crippen molar-refractivity contribution in [2.24, 2.45) is 7.05 Å². The highest BCUT2D eigenvalue weighted by Crippen LogP contribution is 2.46. The summed E-state index contributed by atoms with van der Waals surface area (Å²) in [4.78, 5) is 35.4. The van der Waals surface area contributed by atoms with Gasteiger partial charge >= 0.3 is 5.97 Å². The Bertz CT molecular complexity index is 2830. The Morgan fingerprint density at radius 3 is 2.39 bits per heavy atom. The van der Waals surface area contributed by atoms with Crippen molar-refractivity contribution in [1.82, 2.24) is 23.9 Å². The lowest BCUT2D eigenvalue weighted by molar-refractivity contribution is 0.0589. The summed E-state index contributed by atoms with van der Waals surface area (Å²) in [5.41, 5.74) is 11.6. The first-order valence-corrected chi connectivity index (χ1v) is 21.1. The summed E-state index contributed by atoms with van der Waals surface area (Å²) < 4.78 is 18.4. The topological polar surface area (TPSA) is 96.4 Å². The predicted octanol–water partition coefficient (Wildman–Crippen LogP) is 11.1. The van der Waals surface area contributed by atoms with Gasteiger partial charge in [-0.15, -0.1) is 0 Å². The second-order valence-corrected chi connectivity index (χ2v) is 17.3. The summed E-state index contributed by atoms with van der Waals surface area (Å²) in [7, 11) is 3.31. The molecular formula is C46H45BrCl2N6O4. The van der Waals surface area contributed by atoms with Gasteiger partial charge in [0.25, 0.3) is 5.91 Å². The van der Waals surface area contributed by atoms with E-state index in [4.69, 9.17) is 37.8 Å². The number of nitrogens with zero attached hydrogens (tertiary/aromatic N) is 6. The molecule has 0 saturated heterocycles. The molecule has 0 radical (unpaired) electrons. The van der Waals surface area contributed by atoms with Crippen molar-refractivity contribution in [3.05, 3.63) is 126 Å². The Morgan fingerprint density at radius 1 is 0.966 bits per heavy atom. The SMILES string of the molecule is COC(=O)c1cc2cc(C)cc(N3C[C@@H](C)n4c(c(CCCOc5cc(C)c(Cl)c(C)c5)c5ccc(Cl)c(-c6c(C)nn(C)c6C)c54)C3=O)c2n1Cc1cc(Br)ccn1. The van der Waals surface area contributed by atoms with Crippen LogP contribution in [0.5, 0.6) is 5.75 Å². The maximum absolute atomic E-state index is 15.5. The molecule has 3 aromatic carbocycles. The van der Waals surface area contributed by atoms with Crippen molar-refractivity contribution in [3.63, 3.8) is 0 Å². The molecule has 10 nitrogen and oxygen atoms in total. The molecule has 8 rings (SSSR count). The Morgan fingerprint density at radius 2 is 1.71 bits per heavy atom. The highest BCUT2D eigenvalue weighted by molar-refractivity contribution is 9.10. The number of aryl methyl sites for hydroxylation is 6. The van der Waals surface area contributed by atoms with E-state index in [0.717, 1.165) is 87.5 Å². The summed E-state index contributed by atoms with van der Waals surface area (Å²) in [5, 5.41) is 7.87. The summed E-state index contributed by atoms with van der Waals surface area (Å²) in [6.45, 7) is 13.2. The predicted molar refractivity (Wildman–Crippen MR) is 239 cm³/mol. The lowest BCUT2D eigenvalue weighted by Gasteiger charge is -2.35. The molecule has 0 unspecified atom stereocenters. The second-order valence-electron chi connectivity index (χ2n) is 15.6. The zero-order valence-corrected chi connectivity index (χ0v) is 37.4. The third kappa shape index (κ3) is 7.10. The molecule has 0 spiro atoms. The molecule has 0 bridgehead atoms. The minimum atomic E-state index is -0.475. The van der Waals surface area contributed by atoms with Gasteiger partial charge in [-0.05, 0) is 125 Å². The van der Waals surface area contributed by atoms with Gasteiger partial charge in [0.05, 0.1) is 53.4 Å². The Labute approximate surface area is 361 Å². The van der Waals surface area contributed by atoms with Crippen LogP contribution in [-0.2, 0) is 24.8 Å². The summed E-state index contributed by atoms with van der Waals surface area (Å²) in [6.07, 6.45) is 2.95. The number of fused-ring (bicyclic) bond motifs is 4. The fraction of sp³-hybridized carbons (Fsp3) is 0.304. The Kier molecular flexibility index (Phi) is 10.9. The molecule has 1 aliphatic heterocycles. The number of hydrogen-bond acceptors (Lipinski definition) is 6. The highest BCUT2D eigenvalue weighted by Gasteiger charge is 2.38. The van der Waals surface area contributed by atoms with Gasteiger partial charge in [-0.1, -0.05) is 45.2 Å². The molecule has 4 aromatic heterocycles. The highest BCUT2D eigenvalue weighted by atomic mass is 79.9. The van der Waals surface area contributed by atoms with Crippen molar-refractivity contribution in [2.75, 3.05) is 25.2 Å². The van der Waals surface area contributed by atoms with E-state index in [9.17, 15) is 4.79 Å². The van der Waals surface area contributed by atoms with Crippen LogP contribution in [0.3, 0.4) is 0 Å². The largest absolute Gasteiger partial charge is 0.494 e. The van der Waals surface area contributed by atoms with Crippen LogP contribution >= 0.6 is 39.1 Å². The fourth-order valence-corrected chi connectivity index (χ4v) is 9.55. The zero-order valence-electron chi connectivity index (χ0n) is 34.3. The number of aromatic nitrogens is 5. The van der Waals surface area contributed by atoms with Crippen LogP contribution in [0, 0.1) is 34.6 Å². The van der Waals surface area contributed by atoms with Gasteiger partial charge in [-0.3, -0.25) is 14.5 Å². The minimum absolute atomic E-state index is 0.138. The summed E-state index contributed by atoms with van der Waals surface area (Å²) in [6, 6.07) is 17.4. The van der Waals surface area contributed by atoms with Crippen molar-refractivity contribution in [1.29, 1.82) is 0 Å². The van der Waals surface area contributed by atoms with Crippen LogP contribution < -0.4 is 9.64 Å². The first kappa shape index (κ1) is 40.7. The minimum Gasteiger partial charge on any atom is -0.494 e. The van der Waals surface area contributed by atoms with Gasteiger partial charge in [-0.2, -0.15) is 5.10 Å². The molecule has 1 aliphatic rings. The molecule has 0 N–H and O–H groups in total. The number of anilines is 1. The monoisotopic (exact) mass is 894 g/mol. The van der Waals surface area contributed by atoms with E-state index >= 15 is 4.79 Å². The molecule has 0 aliphatic carbocycles. The molecular weight excluding hydrogens is 851 g/mol. The molecule has 5 heterocycles. The van der Waals surface area contributed by atoms with Gasteiger partial charge in [0.1, 0.15) is 17.1 Å². The van der Waals surface area contributed by atoms with Gasteiger partial charge < -0.3 is 23.5 Å². The zero-order chi connectivity index (χ0) is 42.0. The van der Waals surface area contributed by atoms with E-state index in [1.165, 1.54) is 7.11 Å². The van der Waals surface area contributed by atoms with E-state index in [-0.39, 0.29) is 18.5 Å².